The number of allylic oxidation sites excluding steroid dienone is 3. The Morgan fingerprint density at radius 3 is 2.54 bits per heavy atom. The minimum atomic E-state index is -0.176. The largest absolute Gasteiger partial charge is 0.469 e. The van der Waals surface area contributed by atoms with E-state index in [0.29, 0.717) is 32.4 Å². The summed E-state index contributed by atoms with van der Waals surface area (Å²) in [4.78, 5) is 27.8. The van der Waals surface area contributed by atoms with E-state index in [4.69, 9.17) is 4.74 Å². The zero-order valence-electron chi connectivity index (χ0n) is 14.7. The fourth-order valence-corrected chi connectivity index (χ4v) is 3.89. The van der Waals surface area contributed by atoms with E-state index in [1.165, 1.54) is 18.9 Å². The van der Waals surface area contributed by atoms with E-state index in [2.05, 4.69) is 11.8 Å². The topological polar surface area (TPSA) is 46.6 Å². The van der Waals surface area contributed by atoms with Gasteiger partial charge in [-0.15, -0.1) is 0 Å². The molecular weight excluding hydrogens is 346 g/mol. The lowest BCUT2D eigenvalue weighted by molar-refractivity contribution is -0.148. The van der Waals surface area contributed by atoms with Crippen LogP contribution in [0.3, 0.4) is 0 Å². The van der Waals surface area contributed by atoms with Gasteiger partial charge in [0, 0.05) is 18.7 Å². The van der Waals surface area contributed by atoms with Crippen LogP contribution in [-0.2, 0) is 14.3 Å². The van der Waals surface area contributed by atoms with Crippen LogP contribution in [-0.4, -0.2) is 37.0 Å². The summed E-state index contributed by atoms with van der Waals surface area (Å²) in [5.41, 5.74) is 0.960. The predicted octanol–water partition coefficient (Wildman–Crippen LogP) is 3.35. The van der Waals surface area contributed by atoms with Crippen molar-refractivity contribution in [1.29, 1.82) is 0 Å². The van der Waals surface area contributed by atoms with E-state index >= 15 is 0 Å². The minimum absolute atomic E-state index is 0.0328. The smallest absolute Gasteiger partial charge is 0.308 e. The van der Waals surface area contributed by atoms with Crippen molar-refractivity contribution in [3.8, 4) is 11.8 Å². The van der Waals surface area contributed by atoms with Gasteiger partial charge in [-0.25, -0.2) is 0 Å². The molecule has 2 aliphatic heterocycles. The third kappa shape index (κ3) is 4.59. The van der Waals surface area contributed by atoms with Crippen molar-refractivity contribution in [3.05, 3.63) is 57.9 Å². The molecule has 1 aromatic carbocycles. The number of hydrogen-bond acceptors (Lipinski definition) is 4. The standard InChI is InChI=1S/C21H21NO3S/c1-25-21(24)17-12-14-22(15-13-17)20(23)19-9-5-8-18(26-19)11-10-16-6-3-2-4-7-16/h2-4,6-9,17H,5,12-15H2,1H3. The van der Waals surface area contributed by atoms with Crippen molar-refractivity contribution < 1.29 is 14.3 Å². The van der Waals surface area contributed by atoms with Gasteiger partial charge in [0.2, 0.25) is 0 Å². The van der Waals surface area contributed by atoms with Gasteiger partial charge in [-0.1, -0.05) is 54.0 Å². The summed E-state index contributed by atoms with van der Waals surface area (Å²) in [5.74, 6) is 6.06. The molecule has 0 spiro atoms. The number of methoxy groups -OCH3 is 1. The van der Waals surface area contributed by atoms with Gasteiger partial charge in [0.25, 0.3) is 5.91 Å². The Morgan fingerprint density at radius 2 is 1.85 bits per heavy atom. The van der Waals surface area contributed by atoms with Crippen molar-refractivity contribution in [2.45, 2.75) is 19.3 Å². The lowest BCUT2D eigenvalue weighted by Gasteiger charge is -2.31. The number of nitrogens with zero attached hydrogens (tertiary/aromatic N) is 1. The zero-order chi connectivity index (χ0) is 18.4. The number of thioether (sulfide) groups is 1. The second-order valence-corrected chi connectivity index (χ2v) is 7.26. The van der Waals surface area contributed by atoms with Gasteiger partial charge in [-0.2, -0.15) is 0 Å². The summed E-state index contributed by atoms with van der Waals surface area (Å²) in [6.07, 6.45) is 6.03. The van der Waals surface area contributed by atoms with Gasteiger partial charge < -0.3 is 9.64 Å². The first kappa shape index (κ1) is 18.3. The number of ether oxygens (including phenoxy) is 1. The first-order chi connectivity index (χ1) is 12.7. The van der Waals surface area contributed by atoms with Crippen LogP contribution in [0.5, 0.6) is 0 Å². The number of likely N-dealkylation sites (tertiary alicyclic amines) is 1. The fourth-order valence-electron chi connectivity index (χ4n) is 2.98. The van der Waals surface area contributed by atoms with Crippen LogP contribution in [0.15, 0.2) is 52.3 Å². The molecule has 1 aromatic rings. The van der Waals surface area contributed by atoms with E-state index in [1.54, 1.807) is 0 Å². The molecule has 2 heterocycles. The molecule has 0 N–H and O–H groups in total. The second kappa shape index (κ2) is 8.77. The Kier molecular flexibility index (Phi) is 6.19. The molecule has 26 heavy (non-hydrogen) atoms. The number of benzene rings is 1. The molecule has 3 rings (SSSR count). The molecule has 1 fully saturated rings. The van der Waals surface area contributed by atoms with Crippen molar-refractivity contribution in [2.24, 2.45) is 5.92 Å². The SMILES string of the molecule is COC(=O)C1CCN(C(=O)C2=CCC=C(C#Cc3ccccc3)S2)CC1. The van der Waals surface area contributed by atoms with Gasteiger partial charge in [-0.3, -0.25) is 9.59 Å². The number of carbonyl (C=O) groups is 2. The Morgan fingerprint density at radius 1 is 1.12 bits per heavy atom. The molecule has 0 saturated carbocycles. The van der Waals surface area contributed by atoms with Gasteiger partial charge in [0.05, 0.1) is 22.8 Å². The molecule has 1 amide bonds. The number of hydrogen-bond donors (Lipinski definition) is 0. The molecule has 0 bridgehead atoms. The number of piperidine rings is 1. The Bertz CT molecular complexity index is 794. The summed E-state index contributed by atoms with van der Waals surface area (Å²) >= 11 is 1.43. The molecule has 0 unspecified atom stereocenters. The highest BCUT2D eigenvalue weighted by molar-refractivity contribution is 8.07. The maximum absolute atomic E-state index is 12.8. The molecule has 2 aliphatic rings. The summed E-state index contributed by atoms with van der Waals surface area (Å²) in [7, 11) is 1.41. The molecule has 5 heteroatoms. The molecule has 1 saturated heterocycles. The molecule has 0 radical (unpaired) electrons. The van der Waals surface area contributed by atoms with E-state index in [1.807, 2.05) is 47.4 Å². The molecular formula is C21H21NO3S. The lowest BCUT2D eigenvalue weighted by Crippen LogP contribution is -2.40. The van der Waals surface area contributed by atoms with Crippen molar-refractivity contribution >= 4 is 23.6 Å². The number of amides is 1. The maximum Gasteiger partial charge on any atom is 0.308 e. The fraction of sp³-hybridized carbons (Fsp3) is 0.333. The van der Waals surface area contributed by atoms with E-state index in [9.17, 15) is 9.59 Å². The normalized spacial score (nSPS) is 17.5. The van der Waals surface area contributed by atoms with Crippen LogP contribution in [0.25, 0.3) is 0 Å². The first-order valence-electron chi connectivity index (χ1n) is 8.69. The van der Waals surface area contributed by atoms with Gasteiger partial charge >= 0.3 is 5.97 Å². The average Bonchev–Trinajstić information content (AvgIpc) is 2.72. The van der Waals surface area contributed by atoms with Crippen molar-refractivity contribution in [3.63, 3.8) is 0 Å². The molecule has 134 valence electrons. The van der Waals surface area contributed by atoms with Crippen LogP contribution in [0, 0.1) is 17.8 Å². The molecule has 4 nitrogen and oxygen atoms in total. The summed E-state index contributed by atoms with van der Waals surface area (Å²) in [6.45, 7) is 1.18. The summed E-state index contributed by atoms with van der Waals surface area (Å²) in [5, 5.41) is 0. The van der Waals surface area contributed by atoms with Crippen LogP contribution >= 0.6 is 11.8 Å². The van der Waals surface area contributed by atoms with Crippen LogP contribution in [0.1, 0.15) is 24.8 Å². The van der Waals surface area contributed by atoms with Crippen molar-refractivity contribution in [2.75, 3.05) is 20.2 Å². The summed E-state index contributed by atoms with van der Waals surface area (Å²) < 4.78 is 4.80. The number of rotatable bonds is 2. The zero-order valence-corrected chi connectivity index (χ0v) is 15.6. The van der Waals surface area contributed by atoms with E-state index < -0.39 is 0 Å². The van der Waals surface area contributed by atoms with E-state index in [0.717, 1.165) is 15.4 Å². The Hall–Kier alpha value is -2.45. The first-order valence-corrected chi connectivity index (χ1v) is 9.51. The minimum Gasteiger partial charge on any atom is -0.469 e. The van der Waals surface area contributed by atoms with Crippen molar-refractivity contribution in [1.82, 2.24) is 4.90 Å². The lowest BCUT2D eigenvalue weighted by atomic mass is 9.97. The Labute approximate surface area is 158 Å². The quantitative estimate of drug-likeness (QED) is 0.594. The maximum atomic E-state index is 12.8. The number of carbonyl (C=O) groups excluding carboxylic acids is 2. The van der Waals surface area contributed by atoms with Crippen LogP contribution in [0.2, 0.25) is 0 Å². The van der Waals surface area contributed by atoms with Gasteiger partial charge in [0.1, 0.15) is 0 Å². The van der Waals surface area contributed by atoms with Gasteiger partial charge in [-0.05, 0) is 31.4 Å². The third-order valence-corrected chi connectivity index (χ3v) is 5.51. The predicted molar refractivity (Wildman–Crippen MR) is 103 cm³/mol. The summed E-state index contributed by atoms with van der Waals surface area (Å²) in [6, 6.07) is 9.81. The second-order valence-electron chi connectivity index (χ2n) is 6.18. The van der Waals surface area contributed by atoms with Gasteiger partial charge in [0.15, 0.2) is 0 Å². The Balaban J connectivity index is 1.57. The highest BCUT2D eigenvalue weighted by Crippen LogP contribution is 2.32. The number of esters is 1. The molecule has 0 atom stereocenters. The highest BCUT2D eigenvalue weighted by Gasteiger charge is 2.29. The molecule has 0 aliphatic carbocycles. The highest BCUT2D eigenvalue weighted by atomic mass is 32.2. The van der Waals surface area contributed by atoms with Crippen LogP contribution in [0.4, 0.5) is 0 Å². The average molecular weight is 367 g/mol. The van der Waals surface area contributed by atoms with E-state index in [-0.39, 0.29) is 17.8 Å². The van der Waals surface area contributed by atoms with Crippen LogP contribution < -0.4 is 0 Å². The third-order valence-electron chi connectivity index (χ3n) is 4.46. The molecule has 0 aromatic heterocycles. The monoisotopic (exact) mass is 367 g/mol.